The highest BCUT2D eigenvalue weighted by Gasteiger charge is 2.14. The van der Waals surface area contributed by atoms with E-state index in [9.17, 15) is 0 Å². The van der Waals surface area contributed by atoms with Crippen molar-refractivity contribution in [2.45, 2.75) is 32.9 Å². The molecule has 114 valence electrons. The predicted octanol–water partition coefficient (Wildman–Crippen LogP) is 3.86. The van der Waals surface area contributed by atoms with Gasteiger partial charge in [-0.1, -0.05) is 24.9 Å². The summed E-state index contributed by atoms with van der Waals surface area (Å²) in [5.41, 5.74) is 0. The third-order valence-corrected chi connectivity index (χ3v) is 4.40. The normalized spacial score (nSPS) is 12.4. The van der Waals surface area contributed by atoms with Gasteiger partial charge in [0, 0.05) is 26.8 Å². The van der Waals surface area contributed by atoms with Crippen LogP contribution >= 0.6 is 20.0 Å². The van der Waals surface area contributed by atoms with E-state index in [0.717, 1.165) is 25.2 Å². The van der Waals surface area contributed by atoms with Crippen molar-refractivity contribution in [1.29, 1.82) is 0 Å². The smallest absolute Gasteiger partial charge is 0.178 e. The van der Waals surface area contributed by atoms with Crippen LogP contribution in [0.2, 0.25) is 5.15 Å². The molecule has 1 rings (SSSR count). The van der Waals surface area contributed by atoms with Crippen molar-refractivity contribution in [1.82, 2.24) is 9.97 Å². The van der Waals surface area contributed by atoms with E-state index < -0.39 is 8.38 Å². The van der Waals surface area contributed by atoms with Gasteiger partial charge in [-0.05, 0) is 13.3 Å². The summed E-state index contributed by atoms with van der Waals surface area (Å²) in [6.07, 6.45) is 2.82. The number of anilines is 1. The minimum absolute atomic E-state index is 0.455. The van der Waals surface area contributed by atoms with E-state index in [1.165, 1.54) is 0 Å². The first-order valence-corrected chi connectivity index (χ1v) is 8.53. The Balaban J connectivity index is 2.79. The van der Waals surface area contributed by atoms with Crippen LogP contribution in [0.5, 0.6) is 0 Å². The van der Waals surface area contributed by atoms with E-state index in [0.29, 0.717) is 23.7 Å². The number of hydrogen-bond acceptors (Lipinski definition) is 5. The summed E-state index contributed by atoms with van der Waals surface area (Å²) in [6, 6.07) is 1.79. The van der Waals surface area contributed by atoms with Gasteiger partial charge in [-0.2, -0.15) is 0 Å². The van der Waals surface area contributed by atoms with Gasteiger partial charge in [-0.25, -0.2) is 9.97 Å². The van der Waals surface area contributed by atoms with Gasteiger partial charge in [0.25, 0.3) is 0 Å². The van der Waals surface area contributed by atoms with E-state index >= 15 is 0 Å². The fourth-order valence-corrected chi connectivity index (χ4v) is 2.83. The summed E-state index contributed by atoms with van der Waals surface area (Å²) in [7, 11) is 2.66. The average molecular weight is 320 g/mol. The molecule has 1 aromatic rings. The Hall–Kier alpha value is -0.480. The summed E-state index contributed by atoms with van der Waals surface area (Å²) < 4.78 is 10.8. The van der Waals surface area contributed by atoms with Crippen LogP contribution in [0.1, 0.15) is 32.5 Å². The van der Waals surface area contributed by atoms with Crippen LogP contribution in [0.25, 0.3) is 0 Å². The van der Waals surface area contributed by atoms with Gasteiger partial charge >= 0.3 is 0 Å². The Morgan fingerprint density at radius 2 is 2.10 bits per heavy atom. The van der Waals surface area contributed by atoms with Crippen LogP contribution in [0, 0.1) is 0 Å². The number of hydrogen-bond donors (Lipinski definition) is 0. The Kier molecular flexibility index (Phi) is 8.31. The second kappa shape index (κ2) is 9.46. The topological polar surface area (TPSA) is 47.5 Å². The van der Waals surface area contributed by atoms with Crippen LogP contribution in [0.4, 0.5) is 5.82 Å². The molecule has 0 spiro atoms. The van der Waals surface area contributed by atoms with Gasteiger partial charge < -0.3 is 13.9 Å². The molecule has 0 amide bonds. The fraction of sp³-hybridized carbons (Fsp3) is 0.692. The number of unbranched alkanes of at least 4 members (excludes halogenated alkanes) is 1. The molecule has 5 nitrogen and oxygen atoms in total. The van der Waals surface area contributed by atoms with Crippen molar-refractivity contribution < 1.29 is 9.05 Å². The van der Waals surface area contributed by atoms with Crippen molar-refractivity contribution in [2.75, 3.05) is 32.2 Å². The molecule has 0 aliphatic carbocycles. The van der Waals surface area contributed by atoms with Crippen molar-refractivity contribution >= 4 is 25.8 Å². The first-order valence-electron chi connectivity index (χ1n) is 6.79. The monoisotopic (exact) mass is 319 g/mol. The maximum absolute atomic E-state index is 6.08. The van der Waals surface area contributed by atoms with Crippen molar-refractivity contribution in [2.24, 2.45) is 0 Å². The van der Waals surface area contributed by atoms with Crippen LogP contribution in [-0.4, -0.2) is 37.3 Å². The molecule has 1 unspecified atom stereocenters. The zero-order chi connectivity index (χ0) is 15.0. The van der Waals surface area contributed by atoms with Crippen molar-refractivity contribution in [3.63, 3.8) is 0 Å². The molecule has 0 N–H and O–H groups in total. The molecule has 0 aliphatic rings. The highest BCUT2D eigenvalue weighted by Crippen LogP contribution is 2.40. The minimum atomic E-state index is -0.992. The average Bonchev–Trinajstić information content (AvgIpc) is 2.43. The minimum Gasteiger partial charge on any atom is -0.360 e. The van der Waals surface area contributed by atoms with Gasteiger partial charge in [0.15, 0.2) is 8.38 Å². The summed E-state index contributed by atoms with van der Waals surface area (Å²) in [5, 5.41) is 0.455. The molecule has 0 radical (unpaired) electrons. The highest BCUT2D eigenvalue weighted by molar-refractivity contribution is 7.46. The lowest BCUT2D eigenvalue weighted by atomic mass is 10.3. The molecule has 1 heterocycles. The van der Waals surface area contributed by atoms with E-state index in [-0.39, 0.29) is 0 Å². The Labute approximate surface area is 127 Å². The van der Waals surface area contributed by atoms with Crippen molar-refractivity contribution in [3.05, 3.63) is 17.0 Å². The van der Waals surface area contributed by atoms with Crippen molar-refractivity contribution in [3.8, 4) is 0 Å². The SMILES string of the molecule is CCCCN(C)c1cc(Cl)nc(CP(OC)OCC)n1. The van der Waals surface area contributed by atoms with Gasteiger partial charge in [0.2, 0.25) is 0 Å². The first-order chi connectivity index (χ1) is 9.60. The molecule has 0 aromatic carbocycles. The maximum atomic E-state index is 6.08. The van der Waals surface area contributed by atoms with Crippen LogP contribution < -0.4 is 4.90 Å². The zero-order valence-electron chi connectivity index (χ0n) is 12.6. The zero-order valence-corrected chi connectivity index (χ0v) is 14.2. The number of rotatable bonds is 9. The standard InChI is InChI=1S/C13H23ClN3O2P/c1-5-7-8-17(3)13-9-11(14)15-12(16-13)10-20(18-4)19-6-2/h9H,5-8,10H2,1-4H3. The first kappa shape index (κ1) is 17.6. The molecule has 0 saturated heterocycles. The molecule has 1 aromatic heterocycles. The van der Waals surface area contributed by atoms with E-state index in [2.05, 4.69) is 21.8 Å². The second-order valence-corrected chi connectivity index (χ2v) is 6.32. The van der Waals surface area contributed by atoms with Crippen LogP contribution in [-0.2, 0) is 15.2 Å². The van der Waals surface area contributed by atoms with Gasteiger partial charge in [-0.15, -0.1) is 0 Å². The Bertz CT molecular complexity index is 409. The summed E-state index contributed by atoms with van der Waals surface area (Å²) in [4.78, 5) is 10.9. The molecular formula is C13H23ClN3O2P. The molecule has 7 heteroatoms. The van der Waals surface area contributed by atoms with E-state index in [4.69, 9.17) is 20.6 Å². The summed E-state index contributed by atoms with van der Waals surface area (Å²) in [5.74, 6) is 1.51. The number of aromatic nitrogens is 2. The van der Waals surface area contributed by atoms with E-state index in [1.807, 2.05) is 14.0 Å². The lowest BCUT2D eigenvalue weighted by Gasteiger charge is -2.19. The third kappa shape index (κ3) is 5.88. The molecule has 1 atom stereocenters. The molecule has 0 bridgehead atoms. The third-order valence-electron chi connectivity index (χ3n) is 2.71. The molecule has 0 saturated carbocycles. The molecule has 0 fully saturated rings. The molecule has 20 heavy (non-hydrogen) atoms. The Morgan fingerprint density at radius 1 is 1.35 bits per heavy atom. The van der Waals surface area contributed by atoms with Gasteiger partial charge in [0.1, 0.15) is 16.8 Å². The van der Waals surface area contributed by atoms with Gasteiger partial charge in [-0.3, -0.25) is 0 Å². The summed E-state index contributed by atoms with van der Waals surface area (Å²) >= 11 is 6.08. The van der Waals surface area contributed by atoms with E-state index in [1.54, 1.807) is 13.2 Å². The van der Waals surface area contributed by atoms with Crippen LogP contribution in [0.15, 0.2) is 6.07 Å². The number of halogens is 1. The second-order valence-electron chi connectivity index (χ2n) is 4.33. The van der Waals surface area contributed by atoms with Crippen LogP contribution in [0.3, 0.4) is 0 Å². The van der Waals surface area contributed by atoms with Gasteiger partial charge in [0.05, 0.1) is 12.8 Å². The Morgan fingerprint density at radius 3 is 2.70 bits per heavy atom. The lowest BCUT2D eigenvalue weighted by molar-refractivity contribution is 0.297. The quantitative estimate of drug-likeness (QED) is 0.511. The fourth-order valence-electron chi connectivity index (χ4n) is 1.65. The molecular weight excluding hydrogens is 297 g/mol. The maximum Gasteiger partial charge on any atom is 0.178 e. The number of nitrogens with zero attached hydrogens (tertiary/aromatic N) is 3. The highest BCUT2D eigenvalue weighted by atomic mass is 35.5. The predicted molar refractivity (Wildman–Crippen MR) is 84.5 cm³/mol. The largest absolute Gasteiger partial charge is 0.360 e. The molecule has 0 aliphatic heterocycles. The summed E-state index contributed by atoms with van der Waals surface area (Å²) in [6.45, 7) is 5.67. The lowest BCUT2D eigenvalue weighted by Crippen LogP contribution is -2.20.